The summed E-state index contributed by atoms with van der Waals surface area (Å²) in [5.74, 6) is 0.255. The molecule has 2 heteroatoms. The van der Waals surface area contributed by atoms with Crippen LogP contribution < -0.4 is 0 Å². The molecule has 0 spiro atoms. The third-order valence-corrected chi connectivity index (χ3v) is 1.83. The molecule has 0 aliphatic rings. The van der Waals surface area contributed by atoms with Crippen molar-refractivity contribution in [3.05, 3.63) is 36.0 Å². The highest BCUT2D eigenvalue weighted by atomic mass is 16.3. The van der Waals surface area contributed by atoms with Crippen LogP contribution in [0.3, 0.4) is 0 Å². The minimum Gasteiger partial charge on any atom is -0.506 e. The monoisotopic (exact) mass is 189 g/mol. The van der Waals surface area contributed by atoms with Crippen LogP contribution in [0.15, 0.2) is 30.5 Å². The molecule has 1 heterocycles. The van der Waals surface area contributed by atoms with Gasteiger partial charge in [-0.05, 0) is 30.7 Å². The Morgan fingerprint density at radius 1 is 1.21 bits per heavy atom. The second-order valence-corrected chi connectivity index (χ2v) is 2.86. The molecule has 0 fully saturated rings. The number of phenols is 1. The molecule has 0 aliphatic heterocycles. The number of phenolic OH excluding ortho intramolecular Hbond substituents is 1. The van der Waals surface area contributed by atoms with E-state index in [4.69, 9.17) is 0 Å². The first-order chi connectivity index (χ1) is 6.77. The van der Waals surface area contributed by atoms with E-state index >= 15 is 0 Å². The number of pyridine rings is 1. The standard InChI is InChI=1S/C10H9NO.C2H6/c1-7-5-8-3-2-4-11-10(8)9(12)6-7;1-2/h2-6,12H,1H3;1-2H3. The van der Waals surface area contributed by atoms with Gasteiger partial charge in [-0.3, -0.25) is 4.98 Å². The van der Waals surface area contributed by atoms with Gasteiger partial charge in [-0.1, -0.05) is 19.9 Å². The zero-order valence-electron chi connectivity index (χ0n) is 8.78. The summed E-state index contributed by atoms with van der Waals surface area (Å²) in [6, 6.07) is 7.52. The molecular formula is C12H15NO. The minimum atomic E-state index is 0.255. The van der Waals surface area contributed by atoms with Gasteiger partial charge in [0.05, 0.1) is 0 Å². The van der Waals surface area contributed by atoms with Crippen molar-refractivity contribution in [3.63, 3.8) is 0 Å². The van der Waals surface area contributed by atoms with Crippen LogP contribution in [0.25, 0.3) is 10.9 Å². The molecular weight excluding hydrogens is 174 g/mol. The molecule has 0 atom stereocenters. The van der Waals surface area contributed by atoms with Gasteiger partial charge in [0.2, 0.25) is 0 Å². The molecule has 2 aromatic rings. The number of aryl methyl sites for hydroxylation is 1. The molecule has 1 aromatic carbocycles. The van der Waals surface area contributed by atoms with Crippen molar-refractivity contribution in [2.45, 2.75) is 20.8 Å². The Kier molecular flexibility index (Phi) is 3.46. The summed E-state index contributed by atoms with van der Waals surface area (Å²) in [5.41, 5.74) is 1.72. The van der Waals surface area contributed by atoms with E-state index in [0.717, 1.165) is 10.9 Å². The molecule has 2 nitrogen and oxygen atoms in total. The van der Waals surface area contributed by atoms with Crippen LogP contribution in [-0.2, 0) is 0 Å². The summed E-state index contributed by atoms with van der Waals surface area (Å²) >= 11 is 0. The smallest absolute Gasteiger partial charge is 0.142 e. The quantitative estimate of drug-likeness (QED) is 0.690. The molecule has 0 bridgehead atoms. The van der Waals surface area contributed by atoms with Crippen LogP contribution in [0.5, 0.6) is 5.75 Å². The van der Waals surface area contributed by atoms with Gasteiger partial charge >= 0.3 is 0 Å². The number of hydrogen-bond donors (Lipinski definition) is 1. The van der Waals surface area contributed by atoms with Gasteiger partial charge in [0.1, 0.15) is 11.3 Å². The first kappa shape index (κ1) is 10.5. The molecule has 0 radical (unpaired) electrons. The molecule has 0 aliphatic carbocycles. The van der Waals surface area contributed by atoms with Crippen molar-refractivity contribution < 1.29 is 5.11 Å². The number of benzene rings is 1. The van der Waals surface area contributed by atoms with E-state index in [1.54, 1.807) is 12.3 Å². The van der Waals surface area contributed by atoms with Crippen LogP contribution in [0.2, 0.25) is 0 Å². The van der Waals surface area contributed by atoms with E-state index < -0.39 is 0 Å². The van der Waals surface area contributed by atoms with Crippen LogP contribution in [0.1, 0.15) is 19.4 Å². The summed E-state index contributed by atoms with van der Waals surface area (Å²) in [5, 5.41) is 10.5. The number of fused-ring (bicyclic) bond motifs is 1. The van der Waals surface area contributed by atoms with Crippen LogP contribution in [0, 0.1) is 6.92 Å². The highest BCUT2D eigenvalue weighted by Gasteiger charge is 1.99. The van der Waals surface area contributed by atoms with Gasteiger partial charge in [-0.25, -0.2) is 0 Å². The lowest BCUT2D eigenvalue weighted by Gasteiger charge is -2.00. The zero-order chi connectivity index (χ0) is 10.6. The number of nitrogens with zero attached hydrogens (tertiary/aromatic N) is 1. The lowest BCUT2D eigenvalue weighted by atomic mass is 10.1. The van der Waals surface area contributed by atoms with Crippen molar-refractivity contribution in [1.29, 1.82) is 0 Å². The SMILES string of the molecule is CC.Cc1cc(O)c2ncccc2c1. The van der Waals surface area contributed by atoms with Crippen LogP contribution in [-0.4, -0.2) is 10.1 Å². The predicted molar refractivity (Wildman–Crippen MR) is 59.5 cm³/mol. The molecule has 2 rings (SSSR count). The lowest BCUT2D eigenvalue weighted by Crippen LogP contribution is -1.80. The number of aromatic hydroxyl groups is 1. The van der Waals surface area contributed by atoms with E-state index in [1.807, 2.05) is 39.0 Å². The molecule has 74 valence electrons. The Bertz CT molecular complexity index is 424. The number of aromatic nitrogens is 1. The summed E-state index contributed by atoms with van der Waals surface area (Å²) in [6.45, 7) is 5.95. The highest BCUT2D eigenvalue weighted by Crippen LogP contribution is 2.23. The Morgan fingerprint density at radius 3 is 2.64 bits per heavy atom. The molecule has 1 N–H and O–H groups in total. The topological polar surface area (TPSA) is 33.1 Å². The molecule has 0 amide bonds. The summed E-state index contributed by atoms with van der Waals surface area (Å²) in [4.78, 5) is 4.07. The second-order valence-electron chi connectivity index (χ2n) is 2.86. The fourth-order valence-corrected chi connectivity index (χ4v) is 1.32. The Labute approximate surface area is 84.2 Å². The van der Waals surface area contributed by atoms with E-state index in [9.17, 15) is 5.11 Å². The van der Waals surface area contributed by atoms with Gasteiger partial charge in [-0.2, -0.15) is 0 Å². The van der Waals surface area contributed by atoms with Gasteiger partial charge in [-0.15, -0.1) is 0 Å². The fraction of sp³-hybridized carbons (Fsp3) is 0.250. The summed E-state index contributed by atoms with van der Waals surface area (Å²) in [7, 11) is 0. The number of rotatable bonds is 0. The van der Waals surface area contributed by atoms with Gasteiger partial charge in [0, 0.05) is 11.6 Å². The number of hydrogen-bond acceptors (Lipinski definition) is 2. The molecule has 0 saturated carbocycles. The van der Waals surface area contributed by atoms with Crippen LogP contribution in [0.4, 0.5) is 0 Å². The summed E-state index contributed by atoms with van der Waals surface area (Å²) in [6.07, 6.45) is 1.68. The van der Waals surface area contributed by atoms with Crippen LogP contribution >= 0.6 is 0 Å². The average molecular weight is 189 g/mol. The van der Waals surface area contributed by atoms with E-state index in [2.05, 4.69) is 4.98 Å². The van der Waals surface area contributed by atoms with Crippen molar-refractivity contribution in [3.8, 4) is 5.75 Å². The lowest BCUT2D eigenvalue weighted by molar-refractivity contribution is 0.480. The normalized spacial score (nSPS) is 9.36. The Hall–Kier alpha value is -1.57. The van der Waals surface area contributed by atoms with E-state index in [1.165, 1.54) is 0 Å². The maximum absolute atomic E-state index is 9.49. The molecule has 0 saturated heterocycles. The minimum absolute atomic E-state index is 0.255. The van der Waals surface area contributed by atoms with E-state index in [-0.39, 0.29) is 5.75 Å². The predicted octanol–water partition coefficient (Wildman–Crippen LogP) is 3.28. The molecule has 14 heavy (non-hydrogen) atoms. The first-order valence-electron chi connectivity index (χ1n) is 4.82. The maximum Gasteiger partial charge on any atom is 0.142 e. The Morgan fingerprint density at radius 2 is 1.93 bits per heavy atom. The first-order valence-corrected chi connectivity index (χ1v) is 4.82. The zero-order valence-corrected chi connectivity index (χ0v) is 8.78. The van der Waals surface area contributed by atoms with Crippen molar-refractivity contribution in [2.24, 2.45) is 0 Å². The van der Waals surface area contributed by atoms with Gasteiger partial charge < -0.3 is 5.11 Å². The third-order valence-electron chi connectivity index (χ3n) is 1.83. The van der Waals surface area contributed by atoms with Crippen molar-refractivity contribution >= 4 is 10.9 Å². The Balaban J connectivity index is 0.000000461. The molecule has 1 aromatic heterocycles. The van der Waals surface area contributed by atoms with Gasteiger partial charge in [0.15, 0.2) is 0 Å². The maximum atomic E-state index is 9.49. The highest BCUT2D eigenvalue weighted by molar-refractivity contribution is 5.84. The second kappa shape index (κ2) is 4.61. The fourth-order valence-electron chi connectivity index (χ4n) is 1.32. The van der Waals surface area contributed by atoms with E-state index in [0.29, 0.717) is 5.52 Å². The van der Waals surface area contributed by atoms with Crippen molar-refractivity contribution in [1.82, 2.24) is 4.98 Å². The average Bonchev–Trinajstić information content (AvgIpc) is 2.20. The largest absolute Gasteiger partial charge is 0.506 e. The van der Waals surface area contributed by atoms with Gasteiger partial charge in [0.25, 0.3) is 0 Å². The third kappa shape index (κ3) is 2.02. The van der Waals surface area contributed by atoms with Crippen molar-refractivity contribution in [2.75, 3.05) is 0 Å². The molecule has 0 unspecified atom stereocenters. The summed E-state index contributed by atoms with van der Waals surface area (Å²) < 4.78 is 0.